The Morgan fingerprint density at radius 1 is 1.35 bits per heavy atom. The van der Waals surface area contributed by atoms with Crippen molar-refractivity contribution in [3.8, 4) is 0 Å². The van der Waals surface area contributed by atoms with Crippen LogP contribution in [0.4, 0.5) is 0 Å². The van der Waals surface area contributed by atoms with Gasteiger partial charge in [-0.3, -0.25) is 9.58 Å². The molecule has 1 unspecified atom stereocenters. The number of hydrogen-bond acceptors (Lipinski definition) is 4. The van der Waals surface area contributed by atoms with Crippen LogP contribution in [0.5, 0.6) is 0 Å². The Morgan fingerprint density at radius 3 is 3.05 bits per heavy atom. The van der Waals surface area contributed by atoms with Crippen LogP contribution in [0.3, 0.4) is 0 Å². The molecule has 5 nitrogen and oxygen atoms in total. The maximum absolute atomic E-state index is 4.57. The molecule has 0 spiro atoms. The van der Waals surface area contributed by atoms with E-state index in [9.17, 15) is 0 Å². The summed E-state index contributed by atoms with van der Waals surface area (Å²) in [5.74, 6) is 0.528. The van der Waals surface area contributed by atoms with E-state index in [1.54, 1.807) is 6.33 Å². The van der Waals surface area contributed by atoms with Crippen LogP contribution in [0.2, 0.25) is 0 Å². The molecule has 2 aromatic rings. The summed E-state index contributed by atoms with van der Waals surface area (Å²) in [7, 11) is 0. The van der Waals surface area contributed by atoms with Crippen molar-refractivity contribution in [3.05, 3.63) is 42.2 Å². The highest BCUT2D eigenvalue weighted by molar-refractivity contribution is 5.08. The van der Waals surface area contributed by atoms with Crippen LogP contribution >= 0.6 is 0 Å². The van der Waals surface area contributed by atoms with Crippen LogP contribution in [-0.2, 0) is 13.1 Å². The summed E-state index contributed by atoms with van der Waals surface area (Å²) in [5, 5.41) is 4.57. The first-order valence-electron chi connectivity index (χ1n) is 7.35. The Kier molecular flexibility index (Phi) is 4.06. The molecule has 0 aliphatic carbocycles. The molecule has 3 heterocycles. The van der Waals surface area contributed by atoms with E-state index >= 15 is 0 Å². The van der Waals surface area contributed by atoms with E-state index in [4.69, 9.17) is 0 Å². The average molecular weight is 271 g/mol. The number of hydrogen-bond donors (Lipinski definition) is 0. The van der Waals surface area contributed by atoms with Crippen LogP contribution in [0.25, 0.3) is 0 Å². The fourth-order valence-corrected chi connectivity index (χ4v) is 2.88. The molecular weight excluding hydrogens is 250 g/mol. The zero-order valence-electron chi connectivity index (χ0n) is 11.9. The van der Waals surface area contributed by atoms with Gasteiger partial charge in [-0.05, 0) is 38.4 Å². The van der Waals surface area contributed by atoms with Gasteiger partial charge in [0.05, 0.1) is 5.69 Å². The molecule has 1 saturated heterocycles. The van der Waals surface area contributed by atoms with Gasteiger partial charge in [0.25, 0.3) is 0 Å². The minimum atomic E-state index is 0.528. The number of aryl methyl sites for hydroxylation is 1. The third-order valence-corrected chi connectivity index (χ3v) is 3.93. The molecule has 20 heavy (non-hydrogen) atoms. The Morgan fingerprint density at radius 2 is 2.30 bits per heavy atom. The smallest absolute Gasteiger partial charge is 0.115 e. The molecule has 0 radical (unpaired) electrons. The second-order valence-electron chi connectivity index (χ2n) is 5.37. The normalized spacial score (nSPS) is 20.1. The molecular formula is C15H21N5. The quantitative estimate of drug-likeness (QED) is 0.854. The van der Waals surface area contributed by atoms with Crippen LogP contribution in [0.15, 0.2) is 30.9 Å². The number of likely N-dealkylation sites (tertiary alicyclic amines) is 1. The SMILES string of the molecule is CCn1ccc(CN2CCCC(c3ccncn3)C2)n1. The van der Waals surface area contributed by atoms with E-state index in [0.29, 0.717) is 5.92 Å². The molecule has 0 amide bonds. The van der Waals surface area contributed by atoms with Gasteiger partial charge >= 0.3 is 0 Å². The number of nitrogens with zero attached hydrogens (tertiary/aromatic N) is 5. The van der Waals surface area contributed by atoms with Gasteiger partial charge in [-0.15, -0.1) is 0 Å². The largest absolute Gasteiger partial charge is 0.297 e. The molecule has 3 rings (SSSR count). The molecule has 1 aliphatic rings. The Balaban J connectivity index is 1.63. The average Bonchev–Trinajstić information content (AvgIpc) is 2.96. The summed E-state index contributed by atoms with van der Waals surface area (Å²) >= 11 is 0. The van der Waals surface area contributed by atoms with Crippen molar-refractivity contribution in [1.29, 1.82) is 0 Å². The van der Waals surface area contributed by atoms with E-state index in [1.165, 1.54) is 18.5 Å². The second-order valence-corrected chi connectivity index (χ2v) is 5.37. The van der Waals surface area contributed by atoms with Crippen LogP contribution < -0.4 is 0 Å². The van der Waals surface area contributed by atoms with E-state index in [0.717, 1.165) is 31.9 Å². The zero-order valence-corrected chi connectivity index (χ0v) is 11.9. The van der Waals surface area contributed by atoms with Crippen LogP contribution in [0.1, 0.15) is 37.1 Å². The Hall–Kier alpha value is -1.75. The van der Waals surface area contributed by atoms with Crippen molar-refractivity contribution in [2.75, 3.05) is 13.1 Å². The summed E-state index contributed by atoms with van der Waals surface area (Å²) in [6.07, 6.45) is 7.99. The molecule has 0 bridgehead atoms. The first kappa shape index (κ1) is 13.2. The van der Waals surface area contributed by atoms with Crippen molar-refractivity contribution in [3.63, 3.8) is 0 Å². The Bertz CT molecular complexity index is 536. The number of rotatable bonds is 4. The molecule has 1 fully saturated rings. The lowest BCUT2D eigenvalue weighted by Crippen LogP contribution is -2.34. The molecule has 0 N–H and O–H groups in total. The van der Waals surface area contributed by atoms with E-state index in [1.807, 2.05) is 16.9 Å². The summed E-state index contributed by atoms with van der Waals surface area (Å²) in [6.45, 7) is 6.21. The van der Waals surface area contributed by atoms with Crippen LogP contribution in [0, 0.1) is 0 Å². The first-order valence-corrected chi connectivity index (χ1v) is 7.35. The van der Waals surface area contributed by atoms with Crippen molar-refractivity contribution in [2.45, 2.75) is 38.8 Å². The highest BCUT2D eigenvalue weighted by Gasteiger charge is 2.22. The van der Waals surface area contributed by atoms with Crippen LogP contribution in [-0.4, -0.2) is 37.7 Å². The lowest BCUT2D eigenvalue weighted by atomic mass is 9.94. The third-order valence-electron chi connectivity index (χ3n) is 3.93. The lowest BCUT2D eigenvalue weighted by molar-refractivity contribution is 0.196. The highest BCUT2D eigenvalue weighted by Crippen LogP contribution is 2.25. The van der Waals surface area contributed by atoms with Gasteiger partial charge in [0.15, 0.2) is 0 Å². The van der Waals surface area contributed by atoms with Gasteiger partial charge in [-0.1, -0.05) is 0 Å². The summed E-state index contributed by atoms with van der Waals surface area (Å²) in [6, 6.07) is 4.16. The van der Waals surface area contributed by atoms with Gasteiger partial charge < -0.3 is 0 Å². The fourth-order valence-electron chi connectivity index (χ4n) is 2.88. The molecule has 0 aromatic carbocycles. The predicted molar refractivity (Wildman–Crippen MR) is 77.2 cm³/mol. The Labute approximate surface area is 119 Å². The molecule has 2 aromatic heterocycles. The molecule has 0 saturated carbocycles. The predicted octanol–water partition coefficient (Wildman–Crippen LogP) is 2.07. The van der Waals surface area contributed by atoms with Gasteiger partial charge in [0.1, 0.15) is 6.33 Å². The molecule has 1 atom stereocenters. The molecule has 106 valence electrons. The topological polar surface area (TPSA) is 46.8 Å². The van der Waals surface area contributed by atoms with Gasteiger partial charge in [0, 0.05) is 43.6 Å². The maximum atomic E-state index is 4.57. The minimum Gasteiger partial charge on any atom is -0.297 e. The lowest BCUT2D eigenvalue weighted by Gasteiger charge is -2.31. The fraction of sp³-hybridized carbons (Fsp3) is 0.533. The van der Waals surface area contributed by atoms with E-state index < -0.39 is 0 Å². The standard InChI is InChI=1S/C15H21N5/c1-2-20-9-6-14(18-20)11-19-8-3-4-13(10-19)15-5-7-16-12-17-15/h5-7,9,12-13H,2-4,8,10-11H2,1H3. The van der Waals surface area contributed by atoms with Crippen molar-refractivity contribution >= 4 is 0 Å². The monoisotopic (exact) mass is 271 g/mol. The van der Waals surface area contributed by atoms with E-state index in [-0.39, 0.29) is 0 Å². The molecule has 5 heteroatoms. The van der Waals surface area contributed by atoms with Crippen molar-refractivity contribution < 1.29 is 0 Å². The first-order chi connectivity index (χ1) is 9.85. The van der Waals surface area contributed by atoms with Crippen molar-refractivity contribution in [1.82, 2.24) is 24.6 Å². The minimum absolute atomic E-state index is 0.528. The van der Waals surface area contributed by atoms with Gasteiger partial charge in [-0.2, -0.15) is 5.10 Å². The number of aromatic nitrogens is 4. The summed E-state index contributed by atoms with van der Waals surface area (Å²) in [5.41, 5.74) is 2.33. The third kappa shape index (κ3) is 3.04. The van der Waals surface area contributed by atoms with Crippen molar-refractivity contribution in [2.24, 2.45) is 0 Å². The molecule has 1 aliphatic heterocycles. The second kappa shape index (κ2) is 6.13. The van der Waals surface area contributed by atoms with E-state index in [2.05, 4.69) is 39.2 Å². The number of piperidine rings is 1. The van der Waals surface area contributed by atoms with Gasteiger partial charge in [-0.25, -0.2) is 9.97 Å². The zero-order chi connectivity index (χ0) is 13.8. The highest BCUT2D eigenvalue weighted by atomic mass is 15.3. The summed E-state index contributed by atoms with van der Waals surface area (Å²) < 4.78 is 1.99. The van der Waals surface area contributed by atoms with Gasteiger partial charge in [0.2, 0.25) is 0 Å². The summed E-state index contributed by atoms with van der Waals surface area (Å²) in [4.78, 5) is 10.9. The maximum Gasteiger partial charge on any atom is 0.115 e.